The van der Waals surface area contributed by atoms with Gasteiger partial charge >= 0.3 is 0 Å². The second-order valence-corrected chi connectivity index (χ2v) is 6.27. The van der Waals surface area contributed by atoms with Crippen molar-refractivity contribution in [1.82, 2.24) is 4.98 Å². The van der Waals surface area contributed by atoms with Gasteiger partial charge in [-0.1, -0.05) is 6.07 Å². The largest absolute Gasteiger partial charge is 0.381 e. The molecular formula is C16H12BrFN2S. The van der Waals surface area contributed by atoms with Crippen LogP contribution in [-0.4, -0.2) is 4.98 Å². The van der Waals surface area contributed by atoms with Crippen LogP contribution in [0.3, 0.4) is 0 Å². The summed E-state index contributed by atoms with van der Waals surface area (Å²) < 4.78 is 13.9. The molecule has 0 aliphatic heterocycles. The summed E-state index contributed by atoms with van der Waals surface area (Å²) in [6.07, 6.45) is 1.80. The number of aromatic nitrogens is 1. The molecule has 2 nitrogen and oxygen atoms in total. The van der Waals surface area contributed by atoms with E-state index in [1.54, 1.807) is 23.6 Å². The van der Waals surface area contributed by atoms with Crippen molar-refractivity contribution in [1.29, 1.82) is 0 Å². The van der Waals surface area contributed by atoms with Gasteiger partial charge in [-0.25, -0.2) is 9.37 Å². The number of thiazole rings is 1. The van der Waals surface area contributed by atoms with Gasteiger partial charge in [-0.15, -0.1) is 11.3 Å². The quantitative estimate of drug-likeness (QED) is 0.678. The number of hydrogen-bond donors (Lipinski definition) is 1. The van der Waals surface area contributed by atoms with E-state index in [4.69, 9.17) is 0 Å². The Morgan fingerprint density at radius 2 is 1.95 bits per heavy atom. The Morgan fingerprint density at radius 3 is 2.62 bits per heavy atom. The first-order valence-corrected chi connectivity index (χ1v) is 8.07. The Kier molecular flexibility index (Phi) is 4.31. The molecule has 0 amide bonds. The van der Waals surface area contributed by atoms with E-state index in [1.165, 1.54) is 6.07 Å². The second kappa shape index (κ2) is 6.37. The summed E-state index contributed by atoms with van der Waals surface area (Å²) in [5.74, 6) is -0.242. The lowest BCUT2D eigenvalue weighted by atomic mass is 10.2. The van der Waals surface area contributed by atoms with Gasteiger partial charge in [-0.05, 0) is 57.9 Å². The molecule has 0 saturated carbocycles. The SMILES string of the molecule is Fc1cc(CNc2ccc(-c3nccs3)cc2)ccc1Br. The number of rotatable bonds is 4. The van der Waals surface area contributed by atoms with Crippen molar-refractivity contribution in [2.24, 2.45) is 0 Å². The number of halogens is 2. The first kappa shape index (κ1) is 14.2. The third-order valence-electron chi connectivity index (χ3n) is 3.04. The molecule has 106 valence electrons. The third-order valence-corrected chi connectivity index (χ3v) is 4.51. The number of nitrogens with one attached hydrogen (secondary N) is 1. The average molecular weight is 363 g/mol. The van der Waals surface area contributed by atoms with Crippen LogP contribution in [-0.2, 0) is 6.54 Å². The number of nitrogens with zero attached hydrogens (tertiary/aromatic N) is 1. The molecule has 3 rings (SSSR count). The van der Waals surface area contributed by atoms with Crippen molar-refractivity contribution in [3.05, 3.63) is 69.9 Å². The third kappa shape index (κ3) is 3.49. The van der Waals surface area contributed by atoms with Crippen LogP contribution >= 0.6 is 27.3 Å². The Morgan fingerprint density at radius 1 is 1.14 bits per heavy atom. The molecule has 0 fully saturated rings. The molecule has 1 aromatic heterocycles. The Bertz CT molecular complexity index is 727. The molecule has 0 saturated heterocycles. The average Bonchev–Trinajstić information content (AvgIpc) is 3.03. The van der Waals surface area contributed by atoms with E-state index in [9.17, 15) is 4.39 Å². The van der Waals surface area contributed by atoms with Gasteiger partial charge in [-0.3, -0.25) is 0 Å². The zero-order chi connectivity index (χ0) is 14.7. The fourth-order valence-corrected chi connectivity index (χ4v) is 2.84. The summed E-state index contributed by atoms with van der Waals surface area (Å²) in [6, 6.07) is 13.2. The van der Waals surface area contributed by atoms with Crippen LogP contribution in [0.1, 0.15) is 5.56 Å². The maximum absolute atomic E-state index is 13.4. The van der Waals surface area contributed by atoms with Crippen LogP contribution in [0.5, 0.6) is 0 Å². The summed E-state index contributed by atoms with van der Waals surface area (Å²) in [7, 11) is 0. The first-order chi connectivity index (χ1) is 10.2. The van der Waals surface area contributed by atoms with E-state index in [2.05, 4.69) is 26.2 Å². The van der Waals surface area contributed by atoms with E-state index in [1.807, 2.05) is 35.7 Å². The highest BCUT2D eigenvalue weighted by atomic mass is 79.9. The van der Waals surface area contributed by atoms with Crippen LogP contribution in [0.4, 0.5) is 10.1 Å². The van der Waals surface area contributed by atoms with Crippen LogP contribution in [0.25, 0.3) is 10.6 Å². The fourth-order valence-electron chi connectivity index (χ4n) is 1.95. The van der Waals surface area contributed by atoms with Crippen LogP contribution in [0.2, 0.25) is 0 Å². The van der Waals surface area contributed by atoms with E-state index in [0.717, 1.165) is 21.8 Å². The summed E-state index contributed by atoms with van der Waals surface area (Å²) in [5.41, 5.74) is 3.00. The highest BCUT2D eigenvalue weighted by Crippen LogP contribution is 2.23. The van der Waals surface area contributed by atoms with Gasteiger partial charge in [0.2, 0.25) is 0 Å². The van der Waals surface area contributed by atoms with Crippen LogP contribution in [0.15, 0.2) is 58.5 Å². The molecule has 2 aromatic carbocycles. The maximum atomic E-state index is 13.4. The molecule has 0 unspecified atom stereocenters. The van der Waals surface area contributed by atoms with Crippen molar-refractivity contribution >= 4 is 33.0 Å². The lowest BCUT2D eigenvalue weighted by Gasteiger charge is -2.08. The molecule has 1 N–H and O–H groups in total. The predicted octanol–water partition coefficient (Wildman–Crippen LogP) is 5.32. The van der Waals surface area contributed by atoms with Crippen molar-refractivity contribution in [2.45, 2.75) is 6.54 Å². The number of hydrogen-bond acceptors (Lipinski definition) is 3. The van der Waals surface area contributed by atoms with Crippen LogP contribution < -0.4 is 5.32 Å². The van der Waals surface area contributed by atoms with Crippen molar-refractivity contribution in [3.8, 4) is 10.6 Å². The zero-order valence-electron chi connectivity index (χ0n) is 11.0. The minimum Gasteiger partial charge on any atom is -0.381 e. The highest BCUT2D eigenvalue weighted by molar-refractivity contribution is 9.10. The molecule has 0 radical (unpaired) electrons. The Hall–Kier alpha value is -1.72. The lowest BCUT2D eigenvalue weighted by molar-refractivity contribution is 0.619. The lowest BCUT2D eigenvalue weighted by Crippen LogP contribution is -1.99. The van der Waals surface area contributed by atoms with Gasteiger partial charge in [0.1, 0.15) is 10.8 Å². The molecule has 1 heterocycles. The molecule has 0 aliphatic rings. The Balaban J connectivity index is 1.66. The van der Waals surface area contributed by atoms with Gasteiger partial charge < -0.3 is 5.32 Å². The predicted molar refractivity (Wildman–Crippen MR) is 89.0 cm³/mol. The minimum absolute atomic E-state index is 0.242. The van der Waals surface area contributed by atoms with Crippen LogP contribution in [0, 0.1) is 5.82 Å². The number of anilines is 1. The normalized spacial score (nSPS) is 10.6. The van der Waals surface area contributed by atoms with Gasteiger partial charge in [-0.2, -0.15) is 0 Å². The highest BCUT2D eigenvalue weighted by Gasteiger charge is 2.02. The molecule has 0 atom stereocenters. The summed E-state index contributed by atoms with van der Waals surface area (Å²) in [5, 5.41) is 6.25. The monoisotopic (exact) mass is 362 g/mol. The van der Waals surface area contributed by atoms with E-state index >= 15 is 0 Å². The molecule has 0 spiro atoms. The van der Waals surface area contributed by atoms with E-state index in [-0.39, 0.29) is 5.82 Å². The molecule has 5 heteroatoms. The number of benzene rings is 2. The molecule has 0 bridgehead atoms. The van der Waals surface area contributed by atoms with E-state index in [0.29, 0.717) is 11.0 Å². The van der Waals surface area contributed by atoms with Gasteiger partial charge in [0.25, 0.3) is 0 Å². The second-order valence-electron chi connectivity index (χ2n) is 4.52. The maximum Gasteiger partial charge on any atom is 0.137 e. The Labute approximate surface area is 134 Å². The van der Waals surface area contributed by atoms with Crippen molar-refractivity contribution < 1.29 is 4.39 Å². The minimum atomic E-state index is -0.242. The van der Waals surface area contributed by atoms with Gasteiger partial charge in [0.15, 0.2) is 0 Å². The van der Waals surface area contributed by atoms with Gasteiger partial charge in [0, 0.05) is 29.4 Å². The molecular weight excluding hydrogens is 351 g/mol. The fraction of sp³-hybridized carbons (Fsp3) is 0.0625. The summed E-state index contributed by atoms with van der Waals surface area (Å²) in [6.45, 7) is 0.584. The molecule has 3 aromatic rings. The van der Waals surface area contributed by atoms with Crippen molar-refractivity contribution in [3.63, 3.8) is 0 Å². The zero-order valence-corrected chi connectivity index (χ0v) is 13.4. The van der Waals surface area contributed by atoms with Crippen molar-refractivity contribution in [2.75, 3.05) is 5.32 Å². The summed E-state index contributed by atoms with van der Waals surface area (Å²) >= 11 is 4.77. The van der Waals surface area contributed by atoms with Gasteiger partial charge in [0.05, 0.1) is 4.47 Å². The molecule has 0 aliphatic carbocycles. The standard InChI is InChI=1S/C16H12BrFN2S/c17-14-6-1-11(9-15(14)18)10-20-13-4-2-12(3-5-13)16-19-7-8-21-16/h1-9,20H,10H2. The molecule has 21 heavy (non-hydrogen) atoms. The van der Waals surface area contributed by atoms with E-state index < -0.39 is 0 Å². The topological polar surface area (TPSA) is 24.9 Å². The first-order valence-electron chi connectivity index (χ1n) is 6.40. The summed E-state index contributed by atoms with van der Waals surface area (Å²) in [4.78, 5) is 4.28. The smallest absolute Gasteiger partial charge is 0.137 e.